The molecule has 0 unspecified atom stereocenters. The van der Waals surface area contributed by atoms with Crippen molar-refractivity contribution < 1.29 is 14.4 Å². The Morgan fingerprint density at radius 3 is 2.88 bits per heavy atom. The molecule has 0 saturated carbocycles. The lowest BCUT2D eigenvalue weighted by Gasteiger charge is -2.28. The van der Waals surface area contributed by atoms with Gasteiger partial charge in [-0.25, -0.2) is 5.10 Å². The SMILES string of the molecule is CCOc1cccc(-c2n[nH]c(=S)n2N=Cc2ccc(N3CCOCC3)c([N+](=O)[O-])c2)c1. The maximum Gasteiger partial charge on any atom is 0.293 e. The van der Waals surface area contributed by atoms with Gasteiger partial charge in [0.1, 0.15) is 11.4 Å². The molecule has 4 rings (SSSR count). The smallest absolute Gasteiger partial charge is 0.293 e. The zero-order chi connectivity index (χ0) is 22.5. The van der Waals surface area contributed by atoms with Gasteiger partial charge in [0.25, 0.3) is 5.69 Å². The number of nitro groups is 1. The molecule has 0 bridgehead atoms. The van der Waals surface area contributed by atoms with Crippen LogP contribution in [0.3, 0.4) is 0 Å². The standard InChI is InChI=1S/C21H22N6O4S/c1-2-31-17-5-3-4-16(13-17)20-23-24-21(32)26(20)22-14-15-6-7-18(19(12-15)27(28)29)25-8-10-30-11-9-25/h3-7,12-14H,2,8-11H2,1H3,(H,24,32). The topological polar surface area (TPSA) is 111 Å². The summed E-state index contributed by atoms with van der Waals surface area (Å²) >= 11 is 5.32. The number of hydrogen-bond acceptors (Lipinski definition) is 8. The van der Waals surface area contributed by atoms with Crippen LogP contribution in [0.2, 0.25) is 0 Å². The number of hydrogen-bond donors (Lipinski definition) is 1. The Bertz CT molecular complexity index is 1200. The number of nitro benzene ring substituents is 1. The summed E-state index contributed by atoms with van der Waals surface area (Å²) in [6.45, 7) is 4.79. The van der Waals surface area contributed by atoms with E-state index < -0.39 is 0 Å². The molecule has 11 heteroatoms. The van der Waals surface area contributed by atoms with Crippen molar-refractivity contribution in [2.75, 3.05) is 37.8 Å². The van der Waals surface area contributed by atoms with E-state index in [9.17, 15) is 10.1 Å². The van der Waals surface area contributed by atoms with Gasteiger partial charge in [0.2, 0.25) is 4.77 Å². The van der Waals surface area contributed by atoms with Crippen molar-refractivity contribution in [2.24, 2.45) is 5.10 Å². The van der Waals surface area contributed by atoms with Gasteiger partial charge >= 0.3 is 0 Å². The van der Waals surface area contributed by atoms with Gasteiger partial charge in [-0.15, -0.1) is 0 Å². The molecule has 0 radical (unpaired) electrons. The molecule has 0 aliphatic carbocycles. The maximum absolute atomic E-state index is 11.7. The van der Waals surface area contributed by atoms with Crippen molar-refractivity contribution in [2.45, 2.75) is 6.92 Å². The Labute approximate surface area is 189 Å². The second-order valence-electron chi connectivity index (χ2n) is 6.97. The zero-order valence-electron chi connectivity index (χ0n) is 17.4. The Kier molecular flexibility index (Phi) is 6.57. The van der Waals surface area contributed by atoms with E-state index in [2.05, 4.69) is 15.3 Å². The van der Waals surface area contributed by atoms with E-state index in [1.807, 2.05) is 36.1 Å². The monoisotopic (exact) mass is 454 g/mol. The van der Waals surface area contributed by atoms with Gasteiger partial charge in [-0.05, 0) is 37.3 Å². The Hall–Kier alpha value is -3.57. The van der Waals surface area contributed by atoms with E-state index in [0.29, 0.717) is 60.5 Å². The van der Waals surface area contributed by atoms with E-state index in [-0.39, 0.29) is 10.6 Å². The molecule has 2 aromatic carbocycles. The maximum atomic E-state index is 11.7. The Morgan fingerprint density at radius 1 is 1.31 bits per heavy atom. The lowest BCUT2D eigenvalue weighted by molar-refractivity contribution is -0.384. The summed E-state index contributed by atoms with van der Waals surface area (Å²) in [6.07, 6.45) is 1.53. The van der Waals surface area contributed by atoms with Gasteiger partial charge in [0.15, 0.2) is 5.82 Å². The number of aromatic amines is 1. The molecule has 3 aromatic rings. The van der Waals surface area contributed by atoms with Gasteiger partial charge in [-0.2, -0.15) is 14.9 Å². The summed E-state index contributed by atoms with van der Waals surface area (Å²) < 4.78 is 12.7. The number of ether oxygens (including phenoxy) is 2. The lowest BCUT2D eigenvalue weighted by atomic mass is 10.1. The average Bonchev–Trinajstić information content (AvgIpc) is 3.18. The normalized spacial score (nSPS) is 14.1. The minimum absolute atomic E-state index is 0.0243. The Balaban J connectivity index is 1.65. The van der Waals surface area contributed by atoms with Crippen LogP contribution in [0.1, 0.15) is 12.5 Å². The van der Waals surface area contributed by atoms with Crippen molar-refractivity contribution in [1.29, 1.82) is 0 Å². The molecule has 1 aliphatic heterocycles. The summed E-state index contributed by atoms with van der Waals surface area (Å²) in [5.41, 5.74) is 1.94. The quantitative estimate of drug-likeness (QED) is 0.251. The molecule has 1 aromatic heterocycles. The molecule has 1 fully saturated rings. The molecule has 0 spiro atoms. The van der Waals surface area contributed by atoms with Crippen LogP contribution < -0.4 is 9.64 Å². The molecule has 0 amide bonds. The molecule has 10 nitrogen and oxygen atoms in total. The van der Waals surface area contributed by atoms with Crippen LogP contribution in [0.25, 0.3) is 11.4 Å². The van der Waals surface area contributed by atoms with E-state index in [1.165, 1.54) is 17.0 Å². The van der Waals surface area contributed by atoms with Crippen molar-refractivity contribution in [3.05, 3.63) is 62.9 Å². The second-order valence-corrected chi connectivity index (χ2v) is 7.36. The van der Waals surface area contributed by atoms with Crippen LogP contribution in [0.15, 0.2) is 47.6 Å². The highest BCUT2D eigenvalue weighted by Crippen LogP contribution is 2.29. The number of rotatable bonds is 7. The first-order valence-electron chi connectivity index (χ1n) is 10.1. The third-order valence-corrected chi connectivity index (χ3v) is 5.19. The molecule has 32 heavy (non-hydrogen) atoms. The number of morpholine rings is 1. The van der Waals surface area contributed by atoms with Gasteiger partial charge in [0.05, 0.1) is 31.0 Å². The van der Waals surface area contributed by atoms with Crippen molar-refractivity contribution in [1.82, 2.24) is 14.9 Å². The molecule has 0 atom stereocenters. The number of anilines is 1. The number of nitrogens with one attached hydrogen (secondary N) is 1. The van der Waals surface area contributed by atoms with E-state index in [1.54, 1.807) is 12.1 Å². The van der Waals surface area contributed by atoms with Crippen molar-refractivity contribution in [3.63, 3.8) is 0 Å². The van der Waals surface area contributed by atoms with E-state index in [4.69, 9.17) is 21.7 Å². The fourth-order valence-electron chi connectivity index (χ4n) is 3.44. The van der Waals surface area contributed by atoms with Crippen LogP contribution >= 0.6 is 12.2 Å². The molecule has 166 valence electrons. The summed E-state index contributed by atoms with van der Waals surface area (Å²) in [6, 6.07) is 12.5. The fourth-order valence-corrected chi connectivity index (χ4v) is 3.62. The molecular formula is C21H22N6O4S. The summed E-state index contributed by atoms with van der Waals surface area (Å²) in [5, 5.41) is 23.1. The van der Waals surface area contributed by atoms with E-state index >= 15 is 0 Å². The van der Waals surface area contributed by atoms with Gasteiger partial charge in [-0.1, -0.05) is 18.2 Å². The predicted molar refractivity (Wildman–Crippen MR) is 123 cm³/mol. The summed E-state index contributed by atoms with van der Waals surface area (Å²) in [4.78, 5) is 13.3. The Morgan fingerprint density at radius 2 is 2.12 bits per heavy atom. The second kappa shape index (κ2) is 9.71. The molecular weight excluding hydrogens is 432 g/mol. The third kappa shape index (κ3) is 4.68. The molecule has 1 N–H and O–H groups in total. The first-order chi connectivity index (χ1) is 15.6. The first-order valence-corrected chi connectivity index (χ1v) is 10.5. The highest BCUT2D eigenvalue weighted by atomic mass is 32.1. The first kappa shape index (κ1) is 21.7. The van der Waals surface area contributed by atoms with Crippen LogP contribution in [0, 0.1) is 14.9 Å². The molecule has 2 heterocycles. The van der Waals surface area contributed by atoms with Crippen molar-refractivity contribution in [3.8, 4) is 17.1 Å². The van der Waals surface area contributed by atoms with Crippen LogP contribution in [-0.4, -0.2) is 58.9 Å². The summed E-state index contributed by atoms with van der Waals surface area (Å²) in [5.74, 6) is 1.22. The number of H-pyrrole nitrogens is 1. The number of benzene rings is 2. The minimum Gasteiger partial charge on any atom is -0.494 e. The minimum atomic E-state index is -0.379. The van der Waals surface area contributed by atoms with Crippen LogP contribution in [-0.2, 0) is 4.74 Å². The molecule has 1 aliphatic rings. The fraction of sp³-hybridized carbons (Fsp3) is 0.286. The van der Waals surface area contributed by atoms with Gasteiger partial charge < -0.3 is 14.4 Å². The average molecular weight is 455 g/mol. The van der Waals surface area contributed by atoms with E-state index in [0.717, 1.165) is 5.56 Å². The largest absolute Gasteiger partial charge is 0.494 e. The zero-order valence-corrected chi connectivity index (χ0v) is 18.2. The third-order valence-electron chi connectivity index (χ3n) is 4.92. The summed E-state index contributed by atoms with van der Waals surface area (Å²) in [7, 11) is 0. The molecule has 1 saturated heterocycles. The van der Waals surface area contributed by atoms with Gasteiger partial charge in [-0.3, -0.25) is 10.1 Å². The van der Waals surface area contributed by atoms with Crippen molar-refractivity contribution >= 4 is 29.8 Å². The van der Waals surface area contributed by atoms with Crippen LogP contribution in [0.5, 0.6) is 5.75 Å². The number of nitrogens with zero attached hydrogens (tertiary/aromatic N) is 5. The van der Waals surface area contributed by atoms with Crippen LogP contribution in [0.4, 0.5) is 11.4 Å². The number of aromatic nitrogens is 3. The predicted octanol–water partition coefficient (Wildman–Crippen LogP) is 3.63. The highest BCUT2D eigenvalue weighted by molar-refractivity contribution is 7.71. The van der Waals surface area contributed by atoms with Gasteiger partial charge in [0, 0.05) is 30.3 Å². The lowest BCUT2D eigenvalue weighted by Crippen LogP contribution is -2.36. The highest BCUT2D eigenvalue weighted by Gasteiger charge is 2.21.